The highest BCUT2D eigenvalue weighted by Gasteiger charge is 2.14. The van der Waals surface area contributed by atoms with E-state index in [0.29, 0.717) is 5.16 Å². The summed E-state index contributed by atoms with van der Waals surface area (Å²) in [5.41, 5.74) is 2.03. The highest BCUT2D eigenvalue weighted by Crippen LogP contribution is 2.27. The van der Waals surface area contributed by atoms with Crippen LogP contribution in [0.5, 0.6) is 0 Å². The first-order chi connectivity index (χ1) is 9.52. The van der Waals surface area contributed by atoms with Gasteiger partial charge in [-0.2, -0.15) is 0 Å². The zero-order valence-corrected chi connectivity index (χ0v) is 12.9. The average Bonchev–Trinajstić information content (AvgIpc) is 2.74. The Bertz CT molecular complexity index is 646. The number of hydrogen-bond donors (Lipinski definition) is 2. The molecule has 0 bridgehead atoms. The van der Waals surface area contributed by atoms with Crippen LogP contribution >= 0.6 is 11.8 Å². The summed E-state index contributed by atoms with van der Waals surface area (Å²) in [5.74, 6) is 0. The van der Waals surface area contributed by atoms with Gasteiger partial charge in [-0.1, -0.05) is 6.07 Å². The van der Waals surface area contributed by atoms with Gasteiger partial charge in [-0.05, 0) is 50.7 Å². The second-order valence-electron chi connectivity index (χ2n) is 4.87. The molecule has 6 nitrogen and oxygen atoms in total. The van der Waals surface area contributed by atoms with Crippen molar-refractivity contribution in [3.8, 4) is 0 Å². The van der Waals surface area contributed by atoms with Crippen LogP contribution in [0.3, 0.4) is 0 Å². The molecule has 2 aromatic heterocycles. The lowest BCUT2D eigenvalue weighted by Crippen LogP contribution is -2.19. The van der Waals surface area contributed by atoms with Gasteiger partial charge in [0.25, 0.3) is 0 Å². The molecule has 0 unspecified atom stereocenters. The highest BCUT2D eigenvalue weighted by molar-refractivity contribution is 7.99. The van der Waals surface area contributed by atoms with Gasteiger partial charge in [0.2, 0.25) is 0 Å². The van der Waals surface area contributed by atoms with Crippen molar-refractivity contribution in [3.05, 3.63) is 33.9 Å². The standard InChI is InChI=1S/C13H19N5OS/c1-8(2)18-12(19)16-17-13(18)20-11-9(3)5-10(6-14-4)7-15-11/h5,7-8,14H,6H2,1-4H3,(H,16,19). The van der Waals surface area contributed by atoms with Crippen LogP contribution in [0.25, 0.3) is 0 Å². The minimum atomic E-state index is -0.188. The fourth-order valence-electron chi connectivity index (χ4n) is 1.93. The van der Waals surface area contributed by atoms with Gasteiger partial charge in [0.05, 0.1) is 0 Å². The molecule has 0 aliphatic rings. The Balaban J connectivity index is 2.29. The summed E-state index contributed by atoms with van der Waals surface area (Å²) in [6.07, 6.45) is 1.84. The third-order valence-corrected chi connectivity index (χ3v) is 3.94. The van der Waals surface area contributed by atoms with E-state index in [0.717, 1.165) is 22.7 Å². The molecule has 108 valence electrons. The monoisotopic (exact) mass is 293 g/mol. The van der Waals surface area contributed by atoms with Crippen molar-refractivity contribution in [2.75, 3.05) is 7.05 Å². The van der Waals surface area contributed by atoms with E-state index in [1.165, 1.54) is 11.8 Å². The van der Waals surface area contributed by atoms with Crippen molar-refractivity contribution in [2.24, 2.45) is 0 Å². The van der Waals surface area contributed by atoms with Crippen molar-refractivity contribution >= 4 is 11.8 Å². The first kappa shape index (κ1) is 14.8. The van der Waals surface area contributed by atoms with E-state index in [2.05, 4.69) is 26.6 Å². The second-order valence-corrected chi connectivity index (χ2v) is 5.83. The minimum absolute atomic E-state index is 0.0626. The lowest BCUT2D eigenvalue weighted by atomic mass is 10.2. The summed E-state index contributed by atoms with van der Waals surface area (Å²) in [6, 6.07) is 2.16. The van der Waals surface area contributed by atoms with E-state index in [4.69, 9.17) is 0 Å². The van der Waals surface area contributed by atoms with Gasteiger partial charge in [0.15, 0.2) is 5.16 Å². The molecule has 2 heterocycles. The zero-order valence-electron chi connectivity index (χ0n) is 12.1. The number of aromatic nitrogens is 4. The smallest absolute Gasteiger partial charge is 0.316 e. The molecule has 0 aliphatic heterocycles. The molecule has 2 aromatic rings. The van der Waals surface area contributed by atoms with Crippen LogP contribution in [0.2, 0.25) is 0 Å². The van der Waals surface area contributed by atoms with Crippen LogP contribution in [-0.4, -0.2) is 26.8 Å². The number of hydrogen-bond acceptors (Lipinski definition) is 5. The molecule has 7 heteroatoms. The molecule has 0 amide bonds. The van der Waals surface area contributed by atoms with Crippen molar-refractivity contribution in [1.82, 2.24) is 25.1 Å². The highest BCUT2D eigenvalue weighted by atomic mass is 32.2. The molecule has 20 heavy (non-hydrogen) atoms. The van der Waals surface area contributed by atoms with E-state index in [-0.39, 0.29) is 11.7 Å². The molecule has 2 rings (SSSR count). The summed E-state index contributed by atoms with van der Waals surface area (Å²) in [5, 5.41) is 11.2. The van der Waals surface area contributed by atoms with E-state index >= 15 is 0 Å². The Kier molecular flexibility index (Phi) is 4.61. The fourth-order valence-corrected chi connectivity index (χ4v) is 2.91. The van der Waals surface area contributed by atoms with Crippen LogP contribution in [0, 0.1) is 6.92 Å². The summed E-state index contributed by atoms with van der Waals surface area (Å²) >= 11 is 1.41. The predicted octanol–water partition coefficient (Wildman–Crippen LogP) is 1.73. The molecule has 0 saturated heterocycles. The second kappa shape index (κ2) is 6.23. The zero-order chi connectivity index (χ0) is 14.7. The van der Waals surface area contributed by atoms with Gasteiger partial charge in [0.1, 0.15) is 5.03 Å². The van der Waals surface area contributed by atoms with Crippen molar-refractivity contribution in [3.63, 3.8) is 0 Å². The molecule has 0 radical (unpaired) electrons. The summed E-state index contributed by atoms with van der Waals surface area (Å²) < 4.78 is 1.63. The van der Waals surface area contributed by atoms with Crippen LogP contribution in [0.1, 0.15) is 31.0 Å². The maximum absolute atomic E-state index is 11.7. The van der Waals surface area contributed by atoms with Gasteiger partial charge in [-0.15, -0.1) is 5.10 Å². The summed E-state index contributed by atoms with van der Waals surface area (Å²) in [6.45, 7) is 6.71. The lowest BCUT2D eigenvalue weighted by Gasteiger charge is -2.10. The predicted molar refractivity (Wildman–Crippen MR) is 79.1 cm³/mol. The third kappa shape index (κ3) is 3.10. The number of nitrogens with one attached hydrogen (secondary N) is 2. The SMILES string of the molecule is CNCc1cnc(Sc2n[nH]c(=O)n2C(C)C)c(C)c1. The van der Waals surface area contributed by atoms with Crippen LogP contribution in [0.4, 0.5) is 0 Å². The Labute approximate surface area is 122 Å². The van der Waals surface area contributed by atoms with Crippen LogP contribution in [-0.2, 0) is 6.54 Å². The van der Waals surface area contributed by atoms with Gasteiger partial charge in [-0.25, -0.2) is 14.9 Å². The number of pyridine rings is 1. The maximum Gasteiger partial charge on any atom is 0.344 e. The third-order valence-electron chi connectivity index (χ3n) is 2.84. The molecular weight excluding hydrogens is 274 g/mol. The minimum Gasteiger partial charge on any atom is -0.316 e. The molecular formula is C13H19N5OS. The molecule has 0 spiro atoms. The summed E-state index contributed by atoms with van der Waals surface area (Å²) in [7, 11) is 1.91. The number of H-pyrrole nitrogens is 1. The normalized spacial score (nSPS) is 11.2. The molecule has 2 N–H and O–H groups in total. The molecule has 0 atom stereocenters. The molecule has 0 fully saturated rings. The van der Waals surface area contributed by atoms with Crippen molar-refractivity contribution in [1.29, 1.82) is 0 Å². The average molecular weight is 293 g/mol. The van der Waals surface area contributed by atoms with Crippen LogP contribution in [0.15, 0.2) is 27.2 Å². The van der Waals surface area contributed by atoms with Crippen molar-refractivity contribution < 1.29 is 0 Å². The molecule has 0 saturated carbocycles. The van der Waals surface area contributed by atoms with Gasteiger partial charge < -0.3 is 5.32 Å². The Morgan fingerprint density at radius 2 is 2.25 bits per heavy atom. The van der Waals surface area contributed by atoms with E-state index < -0.39 is 0 Å². The van der Waals surface area contributed by atoms with Crippen LogP contribution < -0.4 is 11.0 Å². The van der Waals surface area contributed by atoms with E-state index in [1.807, 2.05) is 34.0 Å². The van der Waals surface area contributed by atoms with Gasteiger partial charge in [-0.3, -0.25) is 4.57 Å². The summed E-state index contributed by atoms with van der Waals surface area (Å²) in [4.78, 5) is 16.2. The van der Waals surface area contributed by atoms with E-state index in [9.17, 15) is 4.79 Å². The number of aromatic amines is 1. The van der Waals surface area contributed by atoms with Gasteiger partial charge >= 0.3 is 5.69 Å². The first-order valence-electron chi connectivity index (χ1n) is 6.47. The Morgan fingerprint density at radius 1 is 1.50 bits per heavy atom. The van der Waals surface area contributed by atoms with Crippen molar-refractivity contribution in [2.45, 2.75) is 43.5 Å². The quantitative estimate of drug-likeness (QED) is 0.878. The molecule has 0 aromatic carbocycles. The largest absolute Gasteiger partial charge is 0.344 e. The number of aryl methyl sites for hydroxylation is 1. The fraction of sp³-hybridized carbons (Fsp3) is 0.462. The topological polar surface area (TPSA) is 75.6 Å². The first-order valence-corrected chi connectivity index (χ1v) is 7.29. The molecule has 0 aliphatic carbocycles. The van der Waals surface area contributed by atoms with Gasteiger partial charge in [0, 0.05) is 18.8 Å². The maximum atomic E-state index is 11.7. The Hall–Kier alpha value is -1.60. The lowest BCUT2D eigenvalue weighted by molar-refractivity contribution is 0.534. The van der Waals surface area contributed by atoms with E-state index in [1.54, 1.807) is 4.57 Å². The number of nitrogens with zero attached hydrogens (tertiary/aromatic N) is 3. The number of rotatable bonds is 5. The Morgan fingerprint density at radius 3 is 2.85 bits per heavy atom.